The quantitative estimate of drug-likeness (QED) is 0.696. The van der Waals surface area contributed by atoms with E-state index in [1.165, 1.54) is 6.42 Å². The van der Waals surface area contributed by atoms with Crippen molar-refractivity contribution in [2.75, 3.05) is 11.1 Å². The average molecular weight is 325 g/mol. The minimum atomic E-state index is -2.84. The average Bonchev–Trinajstić information content (AvgIpc) is 2.27. The summed E-state index contributed by atoms with van der Waals surface area (Å²) in [5.41, 5.74) is 0. The summed E-state index contributed by atoms with van der Waals surface area (Å²) in [6.07, 6.45) is 5.94. The van der Waals surface area contributed by atoms with Gasteiger partial charge in [-0.3, -0.25) is 0 Å². The Bertz CT molecular complexity index is 313. The normalized spacial score (nSPS) is 27.9. The minimum absolute atomic E-state index is 0.0533. The molecule has 0 heterocycles. The molecule has 0 bridgehead atoms. The maximum atomic E-state index is 12.2. The van der Waals surface area contributed by atoms with Crippen LogP contribution in [0, 0.1) is 11.8 Å². The Morgan fingerprint density at radius 3 is 2.59 bits per heavy atom. The van der Waals surface area contributed by atoms with Crippen molar-refractivity contribution in [2.24, 2.45) is 11.8 Å². The molecule has 3 unspecified atom stereocenters. The Labute approximate surface area is 115 Å². The van der Waals surface area contributed by atoms with Gasteiger partial charge >= 0.3 is 0 Å². The van der Waals surface area contributed by atoms with E-state index < -0.39 is 9.84 Å². The van der Waals surface area contributed by atoms with Gasteiger partial charge in [-0.15, -0.1) is 0 Å². The van der Waals surface area contributed by atoms with Crippen LogP contribution in [0.5, 0.6) is 0 Å². The number of hydrogen-bond donors (Lipinski definition) is 0. The first-order valence-corrected chi connectivity index (χ1v) is 9.57. The topological polar surface area (TPSA) is 34.1 Å². The van der Waals surface area contributed by atoms with Gasteiger partial charge in [0.2, 0.25) is 0 Å². The van der Waals surface area contributed by atoms with Gasteiger partial charge in [-0.25, -0.2) is 8.42 Å². The van der Waals surface area contributed by atoms with Crippen LogP contribution in [0.3, 0.4) is 0 Å². The van der Waals surface area contributed by atoms with E-state index in [-0.39, 0.29) is 5.25 Å². The lowest BCUT2D eigenvalue weighted by molar-refractivity contribution is 0.381. The van der Waals surface area contributed by atoms with E-state index in [1.807, 2.05) is 0 Å². The highest BCUT2D eigenvalue weighted by Gasteiger charge is 2.29. The molecule has 1 aliphatic rings. The molecule has 3 atom stereocenters. The van der Waals surface area contributed by atoms with Crippen molar-refractivity contribution < 1.29 is 8.42 Å². The molecule has 0 aromatic heterocycles. The summed E-state index contributed by atoms with van der Waals surface area (Å²) < 4.78 is 24.5. The Hall–Kier alpha value is 0.430. The van der Waals surface area contributed by atoms with Crippen LogP contribution in [0.2, 0.25) is 0 Å². The van der Waals surface area contributed by atoms with E-state index in [0.29, 0.717) is 17.6 Å². The summed E-state index contributed by atoms with van der Waals surface area (Å²) >= 11 is 3.41. The van der Waals surface area contributed by atoms with Crippen LogP contribution in [0.4, 0.5) is 0 Å². The molecule has 4 heteroatoms. The molecule has 102 valence electrons. The van der Waals surface area contributed by atoms with Gasteiger partial charge in [-0.1, -0.05) is 42.6 Å². The highest BCUT2D eigenvalue weighted by Crippen LogP contribution is 2.29. The first kappa shape index (κ1) is 15.5. The third-order valence-corrected chi connectivity index (χ3v) is 6.60. The molecule has 0 aromatic carbocycles. The highest BCUT2D eigenvalue weighted by molar-refractivity contribution is 9.09. The van der Waals surface area contributed by atoms with Crippen LogP contribution in [-0.4, -0.2) is 24.8 Å². The molecule has 1 saturated carbocycles. The molecule has 17 heavy (non-hydrogen) atoms. The maximum Gasteiger partial charge on any atom is 0.153 e. The highest BCUT2D eigenvalue weighted by atomic mass is 79.9. The first-order chi connectivity index (χ1) is 7.95. The number of sulfone groups is 1. The van der Waals surface area contributed by atoms with Crippen molar-refractivity contribution in [3.63, 3.8) is 0 Å². The van der Waals surface area contributed by atoms with Gasteiger partial charge in [0.05, 0.1) is 11.0 Å². The van der Waals surface area contributed by atoms with Crippen molar-refractivity contribution in [1.29, 1.82) is 0 Å². The molecule has 0 spiro atoms. The summed E-state index contributed by atoms with van der Waals surface area (Å²) in [6, 6.07) is 0. The number of rotatable bonds is 6. The first-order valence-electron chi connectivity index (χ1n) is 6.73. The summed E-state index contributed by atoms with van der Waals surface area (Å²) in [5.74, 6) is 1.48. The van der Waals surface area contributed by atoms with Crippen molar-refractivity contribution in [3.05, 3.63) is 0 Å². The fraction of sp³-hybridized carbons (Fsp3) is 1.00. The lowest BCUT2D eigenvalue weighted by atomic mass is 9.91. The summed E-state index contributed by atoms with van der Waals surface area (Å²) in [7, 11) is -2.84. The van der Waals surface area contributed by atoms with Gasteiger partial charge in [0.15, 0.2) is 9.84 Å². The van der Waals surface area contributed by atoms with Crippen LogP contribution in [0.1, 0.15) is 52.4 Å². The number of halogens is 1. The van der Waals surface area contributed by atoms with Crippen molar-refractivity contribution in [2.45, 2.75) is 57.6 Å². The number of hydrogen-bond acceptors (Lipinski definition) is 2. The van der Waals surface area contributed by atoms with E-state index in [4.69, 9.17) is 0 Å². The second-order valence-electron chi connectivity index (χ2n) is 5.63. The standard InChI is InChI=1S/C13H25BrO2S/c1-11(6-8-14)7-9-17(15,16)13-5-3-4-12(2)10-13/h11-13H,3-10H2,1-2H3. The van der Waals surface area contributed by atoms with Crippen molar-refractivity contribution in [1.82, 2.24) is 0 Å². The molecule has 0 aliphatic heterocycles. The molecule has 0 N–H and O–H groups in total. The van der Waals surface area contributed by atoms with Crippen LogP contribution < -0.4 is 0 Å². The molecule has 1 rings (SSSR count). The predicted molar refractivity (Wildman–Crippen MR) is 77.4 cm³/mol. The predicted octanol–water partition coefficient (Wildman–Crippen LogP) is 3.79. The third kappa shape index (κ3) is 5.29. The zero-order valence-electron chi connectivity index (χ0n) is 11.0. The molecule has 1 aliphatic carbocycles. The maximum absolute atomic E-state index is 12.2. The van der Waals surface area contributed by atoms with Gasteiger partial charge in [-0.05, 0) is 37.5 Å². The second kappa shape index (κ2) is 7.13. The Kier molecular flexibility index (Phi) is 6.49. The lowest BCUT2D eigenvalue weighted by Gasteiger charge is -2.26. The lowest BCUT2D eigenvalue weighted by Crippen LogP contribution is -2.29. The largest absolute Gasteiger partial charge is 0.229 e. The molecular weight excluding hydrogens is 300 g/mol. The molecule has 0 radical (unpaired) electrons. The molecule has 0 aromatic rings. The monoisotopic (exact) mass is 324 g/mol. The van der Waals surface area contributed by atoms with Crippen LogP contribution in [-0.2, 0) is 9.84 Å². The van der Waals surface area contributed by atoms with Gasteiger partial charge in [0.25, 0.3) is 0 Å². The third-order valence-electron chi connectivity index (χ3n) is 3.89. The smallest absolute Gasteiger partial charge is 0.153 e. The van der Waals surface area contributed by atoms with E-state index in [1.54, 1.807) is 0 Å². The Balaban J connectivity index is 2.44. The zero-order chi connectivity index (χ0) is 12.9. The van der Waals surface area contributed by atoms with Crippen molar-refractivity contribution in [3.8, 4) is 0 Å². The second-order valence-corrected chi connectivity index (χ2v) is 8.83. The summed E-state index contributed by atoms with van der Waals surface area (Å²) in [6.45, 7) is 4.31. The molecule has 2 nitrogen and oxygen atoms in total. The van der Waals surface area contributed by atoms with Crippen molar-refractivity contribution >= 4 is 25.8 Å². The SMILES string of the molecule is CC(CCBr)CCS(=O)(=O)C1CCCC(C)C1. The molecule has 0 saturated heterocycles. The van der Waals surface area contributed by atoms with Gasteiger partial charge in [-0.2, -0.15) is 0 Å². The Morgan fingerprint density at radius 1 is 1.29 bits per heavy atom. The van der Waals surface area contributed by atoms with Crippen LogP contribution in [0.25, 0.3) is 0 Å². The van der Waals surface area contributed by atoms with Crippen LogP contribution >= 0.6 is 15.9 Å². The van der Waals surface area contributed by atoms with E-state index >= 15 is 0 Å². The fourth-order valence-electron chi connectivity index (χ4n) is 2.57. The van der Waals surface area contributed by atoms with Gasteiger partial charge in [0.1, 0.15) is 0 Å². The molecular formula is C13H25BrO2S. The minimum Gasteiger partial charge on any atom is -0.229 e. The number of alkyl halides is 1. The van der Waals surface area contributed by atoms with E-state index in [9.17, 15) is 8.42 Å². The van der Waals surface area contributed by atoms with Crippen LogP contribution in [0.15, 0.2) is 0 Å². The zero-order valence-corrected chi connectivity index (χ0v) is 13.4. The summed E-state index contributed by atoms with van der Waals surface area (Å²) in [5, 5.41) is 0.914. The van der Waals surface area contributed by atoms with Gasteiger partial charge < -0.3 is 0 Å². The summed E-state index contributed by atoms with van der Waals surface area (Å²) in [4.78, 5) is 0. The molecule has 1 fully saturated rings. The molecule has 0 amide bonds. The fourth-order valence-corrected chi connectivity index (χ4v) is 5.56. The van der Waals surface area contributed by atoms with E-state index in [0.717, 1.165) is 37.4 Å². The van der Waals surface area contributed by atoms with Gasteiger partial charge in [0, 0.05) is 5.33 Å². The Morgan fingerprint density at radius 2 is 2.00 bits per heavy atom. The van der Waals surface area contributed by atoms with E-state index in [2.05, 4.69) is 29.8 Å².